The van der Waals surface area contributed by atoms with Crippen molar-refractivity contribution in [1.82, 2.24) is 10.6 Å². The molecule has 2 fully saturated rings. The van der Waals surface area contributed by atoms with Gasteiger partial charge in [0.05, 0.1) is 19.3 Å². The van der Waals surface area contributed by atoms with E-state index in [0.717, 1.165) is 5.69 Å². The molecule has 142 valence electrons. The zero-order chi connectivity index (χ0) is 18.7. The molecule has 2 aliphatic rings. The molecule has 4 unspecified atom stereocenters. The van der Waals surface area contributed by atoms with Crippen LogP contribution in [0.1, 0.15) is 17.3 Å². The lowest BCUT2D eigenvalue weighted by Gasteiger charge is -2.18. The maximum atomic E-state index is 12.5. The lowest BCUT2D eigenvalue weighted by atomic mass is 10.1. The number of nitrogens with one attached hydrogen (secondary N) is 2. The molecular formula is C18H25N3O5. The molecule has 2 saturated heterocycles. The highest BCUT2D eigenvalue weighted by Crippen LogP contribution is 2.29. The van der Waals surface area contributed by atoms with Gasteiger partial charge in [0.2, 0.25) is 0 Å². The van der Waals surface area contributed by atoms with Gasteiger partial charge in [-0.05, 0) is 31.2 Å². The van der Waals surface area contributed by atoms with Crippen LogP contribution in [0.5, 0.6) is 0 Å². The number of fused-ring (bicyclic) bond motifs is 1. The van der Waals surface area contributed by atoms with Crippen LogP contribution in [0.4, 0.5) is 10.5 Å². The molecule has 4 atom stereocenters. The predicted octanol–water partition coefficient (Wildman–Crippen LogP) is 0.763. The third-order valence-corrected chi connectivity index (χ3v) is 4.55. The van der Waals surface area contributed by atoms with E-state index in [2.05, 4.69) is 10.6 Å². The highest BCUT2D eigenvalue weighted by molar-refractivity contribution is 5.94. The van der Waals surface area contributed by atoms with Crippen LogP contribution in [-0.4, -0.2) is 70.2 Å². The first-order chi connectivity index (χ1) is 12.5. The van der Waals surface area contributed by atoms with E-state index in [1.165, 1.54) is 0 Å². The highest BCUT2D eigenvalue weighted by Gasteiger charge is 2.50. The number of hydrogen-bond acceptors (Lipinski definition) is 6. The average molecular weight is 363 g/mol. The normalized spacial score (nSPS) is 26.9. The molecule has 2 aliphatic heterocycles. The standard InChI is InChI=1S/C18H25N3O5/c1-4-19-18(23)26-14-10-25-15-13(9-24-16(14)15)20-17(22)11-5-7-12(8-6-11)21(2)3/h5-8,13-16H,4,9-10H2,1-3H3,(H,19,23)(H,20,22). The third-order valence-electron chi connectivity index (χ3n) is 4.55. The molecule has 8 heteroatoms. The molecular weight excluding hydrogens is 338 g/mol. The zero-order valence-corrected chi connectivity index (χ0v) is 15.2. The average Bonchev–Trinajstić information content (AvgIpc) is 3.19. The topological polar surface area (TPSA) is 89.1 Å². The van der Waals surface area contributed by atoms with Crippen LogP contribution in [-0.2, 0) is 14.2 Å². The third kappa shape index (κ3) is 3.91. The molecule has 1 aromatic rings. The summed E-state index contributed by atoms with van der Waals surface area (Å²) in [7, 11) is 3.89. The van der Waals surface area contributed by atoms with Crippen molar-refractivity contribution in [3.63, 3.8) is 0 Å². The van der Waals surface area contributed by atoms with Crippen LogP contribution in [0.15, 0.2) is 24.3 Å². The van der Waals surface area contributed by atoms with Crippen LogP contribution in [0, 0.1) is 0 Å². The van der Waals surface area contributed by atoms with Gasteiger partial charge in [-0.15, -0.1) is 0 Å². The molecule has 0 aromatic heterocycles. The van der Waals surface area contributed by atoms with E-state index < -0.39 is 12.2 Å². The van der Waals surface area contributed by atoms with Gasteiger partial charge < -0.3 is 29.7 Å². The van der Waals surface area contributed by atoms with E-state index in [4.69, 9.17) is 14.2 Å². The smallest absolute Gasteiger partial charge is 0.407 e. The summed E-state index contributed by atoms with van der Waals surface area (Å²) < 4.78 is 16.8. The van der Waals surface area contributed by atoms with Crippen LogP contribution < -0.4 is 15.5 Å². The largest absolute Gasteiger partial charge is 0.441 e. The molecule has 2 N–H and O–H groups in total. The van der Waals surface area contributed by atoms with E-state index in [0.29, 0.717) is 18.7 Å². The molecule has 0 bridgehead atoms. The first-order valence-corrected chi connectivity index (χ1v) is 8.75. The first kappa shape index (κ1) is 18.5. The Morgan fingerprint density at radius 3 is 2.50 bits per heavy atom. The number of hydrogen-bond donors (Lipinski definition) is 2. The number of nitrogens with zero attached hydrogens (tertiary/aromatic N) is 1. The summed E-state index contributed by atoms with van der Waals surface area (Å²) in [6.45, 7) is 2.90. The highest BCUT2D eigenvalue weighted by atomic mass is 16.6. The van der Waals surface area contributed by atoms with Crippen molar-refractivity contribution in [3.05, 3.63) is 29.8 Å². The summed E-state index contributed by atoms with van der Waals surface area (Å²) in [5, 5.41) is 5.54. The fourth-order valence-corrected chi connectivity index (χ4v) is 3.18. The van der Waals surface area contributed by atoms with Gasteiger partial charge in [-0.1, -0.05) is 0 Å². The van der Waals surface area contributed by atoms with Crippen LogP contribution >= 0.6 is 0 Å². The molecule has 0 saturated carbocycles. The SMILES string of the molecule is CCNC(=O)OC1COC2C(NC(=O)c3ccc(N(C)C)cc3)COC12. The van der Waals surface area contributed by atoms with Gasteiger partial charge in [0.25, 0.3) is 5.91 Å². The van der Waals surface area contributed by atoms with Gasteiger partial charge in [-0.2, -0.15) is 0 Å². The summed E-state index contributed by atoms with van der Waals surface area (Å²) in [5.74, 6) is -0.179. The molecule has 8 nitrogen and oxygen atoms in total. The molecule has 3 rings (SSSR count). The number of carbonyl (C=O) groups is 2. The van der Waals surface area contributed by atoms with Gasteiger partial charge in [-0.25, -0.2) is 4.79 Å². The lowest BCUT2D eigenvalue weighted by molar-refractivity contribution is 0.00408. The Morgan fingerprint density at radius 2 is 1.85 bits per heavy atom. The Labute approximate surface area is 152 Å². The second-order valence-electron chi connectivity index (χ2n) is 6.59. The summed E-state index contributed by atoms with van der Waals surface area (Å²) in [6.07, 6.45) is -1.63. The van der Waals surface area contributed by atoms with E-state index in [1.807, 2.05) is 38.1 Å². The Balaban J connectivity index is 1.56. The minimum Gasteiger partial charge on any atom is -0.441 e. The van der Waals surface area contributed by atoms with Crippen molar-refractivity contribution in [2.45, 2.75) is 31.3 Å². The van der Waals surface area contributed by atoms with E-state index >= 15 is 0 Å². The lowest BCUT2D eigenvalue weighted by Crippen LogP contribution is -2.44. The fourth-order valence-electron chi connectivity index (χ4n) is 3.18. The van der Waals surface area contributed by atoms with Crippen molar-refractivity contribution >= 4 is 17.7 Å². The van der Waals surface area contributed by atoms with Gasteiger partial charge >= 0.3 is 6.09 Å². The number of alkyl carbamates (subject to hydrolysis) is 1. The van der Waals surface area contributed by atoms with E-state index in [1.54, 1.807) is 12.1 Å². The summed E-state index contributed by atoms with van der Waals surface area (Å²) in [4.78, 5) is 26.0. The monoisotopic (exact) mass is 363 g/mol. The Morgan fingerprint density at radius 1 is 1.15 bits per heavy atom. The molecule has 2 amide bonds. The van der Waals surface area contributed by atoms with Crippen LogP contribution in [0.2, 0.25) is 0 Å². The Hall–Kier alpha value is -2.32. The minimum absolute atomic E-state index is 0.179. The Bertz CT molecular complexity index is 649. The second kappa shape index (κ2) is 7.92. The summed E-state index contributed by atoms with van der Waals surface area (Å²) >= 11 is 0. The van der Waals surface area contributed by atoms with Gasteiger partial charge in [0.15, 0.2) is 6.10 Å². The van der Waals surface area contributed by atoms with Crippen LogP contribution in [0.3, 0.4) is 0 Å². The summed E-state index contributed by atoms with van der Waals surface area (Å²) in [6, 6.07) is 7.09. The van der Waals surface area contributed by atoms with Gasteiger partial charge in [0.1, 0.15) is 12.2 Å². The van der Waals surface area contributed by atoms with Gasteiger partial charge in [-0.3, -0.25) is 4.79 Å². The summed E-state index contributed by atoms with van der Waals surface area (Å²) in [5.41, 5.74) is 1.60. The molecule has 26 heavy (non-hydrogen) atoms. The van der Waals surface area contributed by atoms with Crippen molar-refractivity contribution in [1.29, 1.82) is 0 Å². The maximum Gasteiger partial charge on any atom is 0.407 e. The zero-order valence-electron chi connectivity index (χ0n) is 15.2. The number of ether oxygens (including phenoxy) is 3. The second-order valence-corrected chi connectivity index (χ2v) is 6.59. The predicted molar refractivity (Wildman–Crippen MR) is 95.4 cm³/mol. The number of rotatable bonds is 5. The van der Waals surface area contributed by atoms with Crippen molar-refractivity contribution in [2.24, 2.45) is 0 Å². The van der Waals surface area contributed by atoms with E-state index in [-0.39, 0.29) is 30.8 Å². The molecule has 2 heterocycles. The Kier molecular flexibility index (Phi) is 5.63. The first-order valence-electron chi connectivity index (χ1n) is 8.75. The molecule has 0 aliphatic carbocycles. The maximum absolute atomic E-state index is 12.5. The van der Waals surface area contributed by atoms with Crippen molar-refractivity contribution < 1.29 is 23.8 Å². The van der Waals surface area contributed by atoms with Gasteiger partial charge in [0, 0.05) is 31.9 Å². The van der Waals surface area contributed by atoms with Crippen LogP contribution in [0.25, 0.3) is 0 Å². The number of anilines is 1. The van der Waals surface area contributed by atoms with Crippen molar-refractivity contribution in [3.8, 4) is 0 Å². The quantitative estimate of drug-likeness (QED) is 0.803. The fraction of sp³-hybridized carbons (Fsp3) is 0.556. The number of amides is 2. The number of benzene rings is 1. The number of carbonyl (C=O) groups excluding carboxylic acids is 2. The molecule has 0 radical (unpaired) electrons. The molecule has 1 aromatic carbocycles. The van der Waals surface area contributed by atoms with Crippen molar-refractivity contribution in [2.75, 3.05) is 38.8 Å². The molecule has 0 spiro atoms. The minimum atomic E-state index is -0.487. The van der Waals surface area contributed by atoms with E-state index in [9.17, 15) is 9.59 Å².